The zero-order valence-corrected chi connectivity index (χ0v) is 20.5. The Bertz CT molecular complexity index is 1390. The number of aromatic nitrogens is 1. The molecule has 1 aromatic heterocycles. The predicted octanol–water partition coefficient (Wildman–Crippen LogP) is 3.84. The van der Waals surface area contributed by atoms with Gasteiger partial charge < -0.3 is 21.3 Å². The molecule has 0 aliphatic rings. The number of carbonyl (C=O) groups is 2. The lowest BCUT2D eigenvalue weighted by Gasteiger charge is -2.25. The molecule has 0 aliphatic carbocycles. The molecule has 2 atom stereocenters. The molecule has 3 aromatic carbocycles. The highest BCUT2D eigenvalue weighted by Crippen LogP contribution is 2.24. The van der Waals surface area contributed by atoms with Crippen LogP contribution in [-0.4, -0.2) is 44.9 Å². The van der Waals surface area contributed by atoms with E-state index in [1.807, 2.05) is 54.6 Å². The SMILES string of the molecule is Cc1c(O)cccc1C(=O)NC(CSc1ccccc1)C(O)Cc1nc(C(N)=O)cc2ccccc12. The molecule has 0 saturated carbocycles. The van der Waals surface area contributed by atoms with Crippen LogP contribution < -0.4 is 11.1 Å². The summed E-state index contributed by atoms with van der Waals surface area (Å²) in [5.41, 5.74) is 6.91. The van der Waals surface area contributed by atoms with Gasteiger partial charge in [-0.15, -0.1) is 11.8 Å². The van der Waals surface area contributed by atoms with Crippen molar-refractivity contribution in [2.45, 2.75) is 30.4 Å². The third-order valence-electron chi connectivity index (χ3n) is 5.98. The second kappa shape index (κ2) is 11.2. The Balaban J connectivity index is 1.62. The number of benzene rings is 3. The van der Waals surface area contributed by atoms with Crippen molar-refractivity contribution < 1.29 is 19.8 Å². The van der Waals surface area contributed by atoms with Crippen LogP contribution in [0.1, 0.15) is 32.1 Å². The van der Waals surface area contributed by atoms with Gasteiger partial charge in [-0.2, -0.15) is 0 Å². The summed E-state index contributed by atoms with van der Waals surface area (Å²) in [6.45, 7) is 1.67. The first-order valence-electron chi connectivity index (χ1n) is 11.5. The number of nitrogens with two attached hydrogens (primary N) is 1. The minimum atomic E-state index is -1.01. The van der Waals surface area contributed by atoms with Crippen molar-refractivity contribution in [3.63, 3.8) is 0 Å². The standard InChI is InChI=1S/C28H27N3O4S/c1-17-20(12-7-13-25(17)32)28(35)31-24(16-36-19-9-3-2-4-10-19)26(33)15-22-21-11-6-5-8-18(21)14-23(30-22)27(29)34/h2-14,24,26,32-33H,15-16H2,1H3,(H2,29,34)(H,31,35). The minimum Gasteiger partial charge on any atom is -0.508 e. The van der Waals surface area contributed by atoms with Gasteiger partial charge in [-0.1, -0.05) is 48.5 Å². The van der Waals surface area contributed by atoms with E-state index in [0.717, 1.165) is 15.7 Å². The normalized spacial score (nSPS) is 12.7. The number of rotatable bonds is 9. The molecule has 2 amide bonds. The lowest BCUT2D eigenvalue weighted by molar-refractivity contribution is 0.0854. The average molecular weight is 502 g/mol. The predicted molar refractivity (Wildman–Crippen MR) is 141 cm³/mol. The van der Waals surface area contributed by atoms with Gasteiger partial charge in [0.1, 0.15) is 11.4 Å². The maximum Gasteiger partial charge on any atom is 0.267 e. The second-order valence-electron chi connectivity index (χ2n) is 8.46. The Morgan fingerprint density at radius 1 is 1.03 bits per heavy atom. The van der Waals surface area contributed by atoms with E-state index in [1.165, 1.54) is 17.8 Å². The van der Waals surface area contributed by atoms with Crippen LogP contribution in [-0.2, 0) is 6.42 Å². The number of hydrogen-bond acceptors (Lipinski definition) is 6. The summed E-state index contributed by atoms with van der Waals surface area (Å²) in [6, 6.07) is 22.9. The molecule has 0 spiro atoms. The molecule has 0 radical (unpaired) electrons. The zero-order chi connectivity index (χ0) is 25.7. The summed E-state index contributed by atoms with van der Waals surface area (Å²) in [7, 11) is 0. The number of thioether (sulfide) groups is 1. The minimum absolute atomic E-state index is 0.0253. The molecular weight excluding hydrogens is 474 g/mol. The summed E-state index contributed by atoms with van der Waals surface area (Å²) in [4.78, 5) is 30.4. The molecular formula is C28H27N3O4S. The Morgan fingerprint density at radius 2 is 1.75 bits per heavy atom. The van der Waals surface area contributed by atoms with Gasteiger partial charge in [0, 0.05) is 33.6 Å². The highest BCUT2D eigenvalue weighted by atomic mass is 32.2. The fourth-order valence-electron chi connectivity index (χ4n) is 3.96. The Labute approximate surface area is 213 Å². The third-order valence-corrected chi connectivity index (χ3v) is 7.11. The molecule has 8 heteroatoms. The molecule has 36 heavy (non-hydrogen) atoms. The van der Waals surface area contributed by atoms with Crippen molar-refractivity contribution >= 4 is 34.3 Å². The second-order valence-corrected chi connectivity index (χ2v) is 9.56. The molecule has 2 unspecified atom stereocenters. The van der Waals surface area contributed by atoms with Crippen LogP contribution in [0, 0.1) is 6.92 Å². The van der Waals surface area contributed by atoms with Gasteiger partial charge in [0.05, 0.1) is 17.8 Å². The molecule has 0 bridgehead atoms. The molecule has 184 valence electrons. The number of primary amides is 1. The summed E-state index contributed by atoms with van der Waals surface area (Å²) in [6.07, 6.45) is -0.914. The van der Waals surface area contributed by atoms with E-state index >= 15 is 0 Å². The first-order valence-corrected chi connectivity index (χ1v) is 12.5. The molecule has 7 nitrogen and oxygen atoms in total. The van der Waals surface area contributed by atoms with Crippen LogP contribution in [0.15, 0.2) is 83.8 Å². The van der Waals surface area contributed by atoms with Crippen molar-refractivity contribution in [2.75, 3.05) is 5.75 Å². The number of phenolic OH excluding ortho intramolecular Hbond substituents is 1. The van der Waals surface area contributed by atoms with Crippen molar-refractivity contribution in [1.82, 2.24) is 10.3 Å². The fourth-order valence-corrected chi connectivity index (χ4v) is 4.99. The maximum absolute atomic E-state index is 13.1. The highest BCUT2D eigenvalue weighted by molar-refractivity contribution is 7.99. The molecule has 0 fully saturated rings. The number of aliphatic hydroxyl groups excluding tert-OH is 1. The van der Waals surface area contributed by atoms with Gasteiger partial charge in [0.25, 0.3) is 11.8 Å². The topological polar surface area (TPSA) is 126 Å². The smallest absolute Gasteiger partial charge is 0.267 e. The summed E-state index contributed by atoms with van der Waals surface area (Å²) >= 11 is 1.50. The Kier molecular flexibility index (Phi) is 7.87. The van der Waals surface area contributed by atoms with Gasteiger partial charge >= 0.3 is 0 Å². The number of carbonyl (C=O) groups excluding carboxylic acids is 2. The number of aliphatic hydroxyl groups is 1. The monoisotopic (exact) mass is 501 g/mol. The van der Waals surface area contributed by atoms with Crippen molar-refractivity contribution in [3.8, 4) is 5.75 Å². The molecule has 1 heterocycles. The zero-order valence-electron chi connectivity index (χ0n) is 19.7. The van der Waals surface area contributed by atoms with Gasteiger partial charge in [0.15, 0.2) is 0 Å². The number of aromatic hydroxyl groups is 1. The fraction of sp³-hybridized carbons (Fsp3) is 0.179. The van der Waals surface area contributed by atoms with Gasteiger partial charge in [-0.25, -0.2) is 4.98 Å². The van der Waals surface area contributed by atoms with Gasteiger partial charge in [-0.05, 0) is 42.6 Å². The molecule has 0 aliphatic heterocycles. The van der Waals surface area contributed by atoms with Crippen LogP contribution in [0.2, 0.25) is 0 Å². The molecule has 0 saturated heterocycles. The van der Waals surface area contributed by atoms with Crippen molar-refractivity contribution in [3.05, 3.63) is 101 Å². The third kappa shape index (κ3) is 5.84. The number of pyridine rings is 1. The van der Waals surface area contributed by atoms with Crippen LogP contribution in [0.5, 0.6) is 5.75 Å². The van der Waals surface area contributed by atoms with E-state index in [0.29, 0.717) is 22.6 Å². The number of phenols is 1. The van der Waals surface area contributed by atoms with Crippen molar-refractivity contribution in [1.29, 1.82) is 0 Å². The van der Waals surface area contributed by atoms with Crippen LogP contribution in [0.4, 0.5) is 0 Å². The Morgan fingerprint density at radius 3 is 2.50 bits per heavy atom. The number of amides is 2. The average Bonchev–Trinajstić information content (AvgIpc) is 2.88. The summed E-state index contributed by atoms with van der Waals surface area (Å²) in [5.74, 6) is -0.634. The summed E-state index contributed by atoms with van der Waals surface area (Å²) in [5, 5.41) is 25.9. The van der Waals surface area contributed by atoms with E-state index in [2.05, 4.69) is 10.3 Å². The van der Waals surface area contributed by atoms with E-state index in [4.69, 9.17) is 5.73 Å². The van der Waals surface area contributed by atoms with E-state index in [1.54, 1.807) is 25.1 Å². The summed E-state index contributed by atoms with van der Waals surface area (Å²) < 4.78 is 0. The Hall–Kier alpha value is -3.88. The maximum atomic E-state index is 13.1. The lowest BCUT2D eigenvalue weighted by atomic mass is 10.0. The van der Waals surface area contributed by atoms with Gasteiger partial charge in [-0.3, -0.25) is 9.59 Å². The number of fused-ring (bicyclic) bond motifs is 1. The quantitative estimate of drug-likeness (QED) is 0.258. The number of nitrogens with one attached hydrogen (secondary N) is 1. The van der Waals surface area contributed by atoms with Gasteiger partial charge in [0.2, 0.25) is 0 Å². The number of hydrogen-bond donors (Lipinski definition) is 4. The van der Waals surface area contributed by atoms with Crippen molar-refractivity contribution in [2.24, 2.45) is 5.73 Å². The van der Waals surface area contributed by atoms with E-state index < -0.39 is 24.0 Å². The van der Waals surface area contributed by atoms with Crippen LogP contribution in [0.3, 0.4) is 0 Å². The number of nitrogens with zero attached hydrogens (tertiary/aromatic N) is 1. The molecule has 5 N–H and O–H groups in total. The molecule has 4 rings (SSSR count). The highest BCUT2D eigenvalue weighted by Gasteiger charge is 2.25. The van der Waals surface area contributed by atoms with Crippen LogP contribution >= 0.6 is 11.8 Å². The van der Waals surface area contributed by atoms with E-state index in [9.17, 15) is 19.8 Å². The first-order chi connectivity index (χ1) is 17.3. The largest absolute Gasteiger partial charge is 0.508 e. The van der Waals surface area contributed by atoms with E-state index in [-0.39, 0.29) is 17.9 Å². The van der Waals surface area contributed by atoms with Crippen LogP contribution in [0.25, 0.3) is 10.8 Å². The first kappa shape index (κ1) is 25.2. The molecule has 4 aromatic rings. The lowest BCUT2D eigenvalue weighted by Crippen LogP contribution is -2.46.